The zero-order valence-electron chi connectivity index (χ0n) is 16.3. The Balaban J connectivity index is 1.70. The first-order valence-electron chi connectivity index (χ1n) is 9.68. The fraction of sp³-hybridized carbons (Fsp3) is 0.174. The third kappa shape index (κ3) is 2.25. The minimum Gasteiger partial charge on any atom is -0.420 e. The molecule has 0 unspecified atom stereocenters. The second-order valence-electron chi connectivity index (χ2n) is 7.44. The number of ether oxygens (including phenoxy) is 1. The summed E-state index contributed by atoms with van der Waals surface area (Å²) in [5.41, 5.74) is 8.68. The Hall–Kier alpha value is -4.05. The number of benzene rings is 2. The summed E-state index contributed by atoms with van der Waals surface area (Å²) in [6.45, 7) is 2.29. The van der Waals surface area contributed by atoms with Gasteiger partial charge in [0.1, 0.15) is 17.1 Å². The second-order valence-corrected chi connectivity index (χ2v) is 7.44. The molecule has 1 amide bonds. The molecule has 1 spiro atoms. The first kappa shape index (κ1) is 18.0. The maximum Gasteiger partial charge on any atom is 0.247 e. The third-order valence-electron chi connectivity index (χ3n) is 5.86. The van der Waals surface area contributed by atoms with Gasteiger partial charge in [-0.15, -0.1) is 5.10 Å². The van der Waals surface area contributed by atoms with E-state index in [9.17, 15) is 10.1 Å². The van der Waals surface area contributed by atoms with Crippen LogP contribution in [0, 0.1) is 18.3 Å². The molecule has 0 saturated heterocycles. The summed E-state index contributed by atoms with van der Waals surface area (Å²) in [5.74, 6) is -0.0743. The van der Waals surface area contributed by atoms with E-state index in [0.29, 0.717) is 24.2 Å². The molecule has 0 saturated carbocycles. The summed E-state index contributed by atoms with van der Waals surface area (Å²) in [4.78, 5) is 15.8. The van der Waals surface area contributed by atoms with Crippen molar-refractivity contribution in [1.29, 1.82) is 5.26 Å². The number of nitrogens with two attached hydrogens (primary N) is 1. The fourth-order valence-electron chi connectivity index (χ4n) is 4.57. The monoisotopic (exact) mass is 397 g/mol. The first-order valence-corrected chi connectivity index (χ1v) is 9.68. The number of nitrogens with zero attached hydrogens (tertiary/aromatic N) is 3. The van der Waals surface area contributed by atoms with Gasteiger partial charge in [-0.3, -0.25) is 9.89 Å². The average Bonchev–Trinajstić information content (AvgIpc) is 3.24. The number of aryl methyl sites for hydroxylation is 1. The van der Waals surface area contributed by atoms with Crippen molar-refractivity contribution < 1.29 is 9.53 Å². The van der Waals surface area contributed by atoms with Crippen LogP contribution in [-0.2, 0) is 16.6 Å². The van der Waals surface area contributed by atoms with Crippen LogP contribution in [0.25, 0.3) is 0 Å². The number of nitrogens with one attached hydrogen (secondary N) is 1. The molecule has 3 heterocycles. The number of carbonyl (C=O) groups is 1. The number of H-pyrrole nitrogens is 1. The van der Waals surface area contributed by atoms with Gasteiger partial charge in [-0.05, 0) is 25.0 Å². The zero-order valence-corrected chi connectivity index (χ0v) is 16.3. The Morgan fingerprint density at radius 3 is 2.70 bits per heavy atom. The minimum atomic E-state index is -1.36. The van der Waals surface area contributed by atoms with E-state index in [-0.39, 0.29) is 23.2 Å². The largest absolute Gasteiger partial charge is 0.420 e. The molecule has 1 atom stereocenters. The van der Waals surface area contributed by atoms with Crippen LogP contribution in [0.4, 0.5) is 5.69 Å². The van der Waals surface area contributed by atoms with Crippen LogP contribution in [0.3, 0.4) is 0 Å². The van der Waals surface area contributed by atoms with Crippen LogP contribution in [0.1, 0.15) is 22.4 Å². The van der Waals surface area contributed by atoms with E-state index in [4.69, 9.17) is 10.5 Å². The van der Waals surface area contributed by atoms with Gasteiger partial charge in [-0.2, -0.15) is 5.26 Å². The predicted molar refractivity (Wildman–Crippen MR) is 111 cm³/mol. The topological polar surface area (TPSA) is 108 Å². The lowest BCUT2D eigenvalue weighted by Gasteiger charge is -2.32. The zero-order chi connectivity index (χ0) is 20.9. The van der Waals surface area contributed by atoms with Gasteiger partial charge in [0.25, 0.3) is 0 Å². The van der Waals surface area contributed by atoms with Crippen LogP contribution >= 0.6 is 0 Å². The molecular weight excluding hydrogens is 378 g/mol. The number of para-hydroxylation sites is 1. The SMILES string of the molecule is Cc1[nH]nc2c1[C@]1(C(=O)N(CCc3ccccc3)c3ccccc31)C(C#N)=C(N)O2. The van der Waals surface area contributed by atoms with E-state index in [1.165, 1.54) is 0 Å². The molecule has 0 fully saturated rings. The standard InChI is InChI=1S/C23H19N5O2/c1-14-19-21(27-26-14)30-20(25)17(13-24)23(19)16-9-5-6-10-18(16)28(22(23)29)12-11-15-7-3-2-4-8-15/h2-10H,11-12,25H2,1H3,(H,26,27)/t23-/m1/s1. The average molecular weight is 397 g/mol. The second kappa shape index (κ2) is 6.49. The third-order valence-corrected chi connectivity index (χ3v) is 5.86. The number of hydrogen-bond donors (Lipinski definition) is 2. The smallest absolute Gasteiger partial charge is 0.247 e. The summed E-state index contributed by atoms with van der Waals surface area (Å²) in [7, 11) is 0. The Morgan fingerprint density at radius 2 is 1.93 bits per heavy atom. The Kier molecular flexibility index (Phi) is 3.90. The van der Waals surface area contributed by atoms with Crippen molar-refractivity contribution >= 4 is 11.6 Å². The highest BCUT2D eigenvalue weighted by Gasteiger charge is 2.60. The lowest BCUT2D eigenvalue weighted by Crippen LogP contribution is -2.46. The normalized spacial score (nSPS) is 19.5. The van der Waals surface area contributed by atoms with Crippen molar-refractivity contribution in [3.05, 3.63) is 88.4 Å². The number of hydrogen-bond acceptors (Lipinski definition) is 5. The highest BCUT2D eigenvalue weighted by Crippen LogP contribution is 2.55. The van der Waals surface area contributed by atoms with Crippen molar-refractivity contribution in [2.45, 2.75) is 18.8 Å². The Morgan fingerprint density at radius 1 is 1.20 bits per heavy atom. The molecule has 2 aromatic carbocycles. The molecule has 3 aromatic rings. The van der Waals surface area contributed by atoms with E-state index < -0.39 is 5.41 Å². The lowest BCUT2D eigenvalue weighted by atomic mass is 9.69. The Labute approximate surface area is 173 Å². The lowest BCUT2D eigenvalue weighted by molar-refractivity contribution is -0.121. The van der Waals surface area contributed by atoms with Crippen molar-refractivity contribution in [3.63, 3.8) is 0 Å². The number of nitriles is 1. The highest BCUT2D eigenvalue weighted by molar-refractivity contribution is 6.14. The number of anilines is 1. The summed E-state index contributed by atoms with van der Waals surface area (Å²) < 4.78 is 5.59. The van der Waals surface area contributed by atoms with Gasteiger partial charge in [-0.25, -0.2) is 0 Å². The van der Waals surface area contributed by atoms with Gasteiger partial charge in [0, 0.05) is 23.5 Å². The summed E-state index contributed by atoms with van der Waals surface area (Å²) in [5, 5.41) is 17.1. The van der Waals surface area contributed by atoms with Gasteiger partial charge >= 0.3 is 0 Å². The molecule has 5 rings (SSSR count). The molecule has 148 valence electrons. The molecule has 2 aliphatic heterocycles. The molecule has 7 heteroatoms. The molecular formula is C23H19N5O2. The number of amides is 1. The van der Waals surface area contributed by atoms with Crippen molar-refractivity contribution in [2.75, 3.05) is 11.4 Å². The van der Waals surface area contributed by atoms with Gasteiger partial charge < -0.3 is 15.4 Å². The molecule has 1 aromatic heterocycles. The number of carbonyl (C=O) groups excluding carboxylic acids is 1. The van der Waals surface area contributed by atoms with E-state index in [1.54, 1.807) is 4.90 Å². The molecule has 3 N–H and O–H groups in total. The van der Waals surface area contributed by atoms with E-state index in [0.717, 1.165) is 16.8 Å². The van der Waals surface area contributed by atoms with Gasteiger partial charge in [0.2, 0.25) is 17.7 Å². The molecule has 0 bridgehead atoms. The number of rotatable bonds is 3. The van der Waals surface area contributed by atoms with Crippen LogP contribution in [0.5, 0.6) is 5.88 Å². The van der Waals surface area contributed by atoms with Crippen LogP contribution < -0.4 is 15.4 Å². The summed E-state index contributed by atoms with van der Waals surface area (Å²) >= 11 is 0. The van der Waals surface area contributed by atoms with Crippen LogP contribution in [0.15, 0.2) is 66.1 Å². The molecule has 2 aliphatic rings. The van der Waals surface area contributed by atoms with Crippen LogP contribution in [0.2, 0.25) is 0 Å². The van der Waals surface area contributed by atoms with Crippen molar-refractivity contribution in [2.24, 2.45) is 5.73 Å². The summed E-state index contributed by atoms with van der Waals surface area (Å²) in [6.07, 6.45) is 0.686. The maximum atomic E-state index is 14.1. The van der Waals surface area contributed by atoms with Crippen LogP contribution in [-0.4, -0.2) is 22.6 Å². The Bertz CT molecular complexity index is 1240. The molecule has 0 aliphatic carbocycles. The van der Waals surface area contributed by atoms with Crippen molar-refractivity contribution in [3.8, 4) is 11.9 Å². The maximum absolute atomic E-state index is 14.1. The number of aromatic nitrogens is 2. The number of aromatic amines is 1. The van der Waals surface area contributed by atoms with E-state index >= 15 is 0 Å². The number of fused-ring (bicyclic) bond motifs is 4. The molecule has 30 heavy (non-hydrogen) atoms. The van der Waals surface area contributed by atoms with E-state index in [2.05, 4.69) is 16.3 Å². The quantitative estimate of drug-likeness (QED) is 0.706. The van der Waals surface area contributed by atoms with Gasteiger partial charge in [0.15, 0.2) is 0 Å². The predicted octanol–water partition coefficient (Wildman–Crippen LogP) is 2.68. The fourth-order valence-corrected chi connectivity index (χ4v) is 4.57. The summed E-state index contributed by atoms with van der Waals surface area (Å²) in [6, 6.07) is 19.7. The first-order chi connectivity index (χ1) is 14.6. The highest BCUT2D eigenvalue weighted by atomic mass is 16.5. The van der Waals surface area contributed by atoms with Gasteiger partial charge in [-0.1, -0.05) is 48.5 Å². The van der Waals surface area contributed by atoms with Gasteiger partial charge in [0.05, 0.1) is 5.56 Å². The molecule has 0 radical (unpaired) electrons. The minimum absolute atomic E-state index is 0.0930. The van der Waals surface area contributed by atoms with E-state index in [1.807, 2.05) is 61.5 Å². The molecule has 7 nitrogen and oxygen atoms in total. The van der Waals surface area contributed by atoms with Crippen molar-refractivity contribution in [1.82, 2.24) is 10.2 Å².